The molecule has 0 saturated carbocycles. The number of methoxy groups -OCH3 is 1. The average molecular weight is 490 g/mol. The van der Waals surface area contributed by atoms with Crippen LogP contribution in [0.1, 0.15) is 18.9 Å². The number of terminal acetylenes is 1. The van der Waals surface area contributed by atoms with Gasteiger partial charge < -0.3 is 19.9 Å². The van der Waals surface area contributed by atoms with Crippen LogP contribution < -0.4 is 10.1 Å². The third kappa shape index (κ3) is 6.55. The molecular formula is C22H21BrFN3O4. The SMILES string of the molecule is C#Cc1cc(Nc2ncnc3cc(OC)c(O)cc23)ccc1F.CCOC(=O)CCBr. The summed E-state index contributed by atoms with van der Waals surface area (Å²) in [4.78, 5) is 18.7. The second-order valence-corrected chi connectivity index (χ2v) is 6.76. The van der Waals surface area contributed by atoms with Crippen LogP contribution >= 0.6 is 15.9 Å². The van der Waals surface area contributed by atoms with Crippen molar-refractivity contribution in [2.75, 3.05) is 24.4 Å². The Balaban J connectivity index is 0.000000366. The Kier molecular flexibility index (Phi) is 9.03. The first-order valence-corrected chi connectivity index (χ1v) is 10.3. The Labute approximate surface area is 187 Å². The minimum absolute atomic E-state index is 0.0266. The number of phenols is 1. The number of nitrogens with one attached hydrogen (secondary N) is 1. The van der Waals surface area contributed by atoms with Gasteiger partial charge in [-0.2, -0.15) is 0 Å². The number of halogens is 2. The summed E-state index contributed by atoms with van der Waals surface area (Å²) in [5, 5.41) is 14.3. The van der Waals surface area contributed by atoms with E-state index in [1.165, 1.54) is 31.6 Å². The molecule has 0 bridgehead atoms. The van der Waals surface area contributed by atoms with Crippen LogP contribution in [-0.2, 0) is 9.53 Å². The zero-order valence-electron chi connectivity index (χ0n) is 17.0. The lowest BCUT2D eigenvalue weighted by molar-refractivity contribution is -0.142. The van der Waals surface area contributed by atoms with Crippen LogP contribution in [-0.4, -0.2) is 40.1 Å². The highest BCUT2D eigenvalue weighted by Crippen LogP contribution is 2.33. The van der Waals surface area contributed by atoms with E-state index in [-0.39, 0.29) is 17.3 Å². The maximum Gasteiger partial charge on any atom is 0.306 e. The molecule has 0 aliphatic heterocycles. The predicted octanol–water partition coefficient (Wildman–Crippen LogP) is 4.54. The van der Waals surface area contributed by atoms with Gasteiger partial charge >= 0.3 is 5.97 Å². The Hall–Kier alpha value is -3.38. The van der Waals surface area contributed by atoms with Crippen molar-refractivity contribution in [3.05, 3.63) is 48.0 Å². The van der Waals surface area contributed by atoms with E-state index >= 15 is 0 Å². The number of phenolic OH excluding ortho intramolecular Hbond substituents is 1. The fourth-order valence-electron chi connectivity index (χ4n) is 2.50. The number of ether oxygens (including phenoxy) is 2. The Morgan fingerprint density at radius 1 is 1.32 bits per heavy atom. The molecule has 31 heavy (non-hydrogen) atoms. The molecule has 2 aromatic carbocycles. The first-order valence-electron chi connectivity index (χ1n) is 9.19. The quantitative estimate of drug-likeness (QED) is 0.298. The maximum absolute atomic E-state index is 13.5. The van der Waals surface area contributed by atoms with Crippen molar-refractivity contribution in [3.8, 4) is 23.8 Å². The van der Waals surface area contributed by atoms with E-state index in [2.05, 4.69) is 41.9 Å². The molecule has 162 valence electrons. The summed E-state index contributed by atoms with van der Waals surface area (Å²) < 4.78 is 23.1. The van der Waals surface area contributed by atoms with E-state index in [9.17, 15) is 14.3 Å². The highest BCUT2D eigenvalue weighted by atomic mass is 79.9. The largest absolute Gasteiger partial charge is 0.504 e. The van der Waals surface area contributed by atoms with Gasteiger partial charge in [-0.15, -0.1) is 6.42 Å². The third-order valence-electron chi connectivity index (χ3n) is 3.92. The van der Waals surface area contributed by atoms with Crippen molar-refractivity contribution in [1.29, 1.82) is 0 Å². The van der Waals surface area contributed by atoms with Crippen LogP contribution in [0.3, 0.4) is 0 Å². The van der Waals surface area contributed by atoms with Crippen molar-refractivity contribution >= 4 is 44.3 Å². The fraction of sp³-hybridized carbons (Fsp3) is 0.227. The van der Waals surface area contributed by atoms with Crippen molar-refractivity contribution in [2.24, 2.45) is 0 Å². The van der Waals surface area contributed by atoms with Crippen LogP contribution in [0.5, 0.6) is 11.5 Å². The normalized spacial score (nSPS) is 9.90. The van der Waals surface area contributed by atoms with Crippen LogP contribution in [0.2, 0.25) is 0 Å². The summed E-state index contributed by atoms with van der Waals surface area (Å²) in [6, 6.07) is 7.44. The number of hydrogen-bond acceptors (Lipinski definition) is 7. The van der Waals surface area contributed by atoms with E-state index in [0.717, 1.165) is 0 Å². The van der Waals surface area contributed by atoms with E-state index in [1.807, 2.05) is 0 Å². The number of aromatic nitrogens is 2. The van der Waals surface area contributed by atoms with Crippen molar-refractivity contribution in [3.63, 3.8) is 0 Å². The van der Waals surface area contributed by atoms with Gasteiger partial charge in [0.15, 0.2) is 11.5 Å². The van der Waals surface area contributed by atoms with E-state index in [0.29, 0.717) is 46.5 Å². The van der Waals surface area contributed by atoms with Crippen molar-refractivity contribution < 1.29 is 23.8 Å². The number of aromatic hydroxyl groups is 1. The fourth-order valence-corrected chi connectivity index (χ4v) is 2.82. The van der Waals surface area contributed by atoms with Gasteiger partial charge in [0.1, 0.15) is 18.0 Å². The van der Waals surface area contributed by atoms with Crippen LogP contribution in [0.4, 0.5) is 15.9 Å². The van der Waals surface area contributed by atoms with Crippen molar-refractivity contribution in [2.45, 2.75) is 13.3 Å². The molecule has 3 rings (SSSR count). The molecule has 0 saturated heterocycles. The molecule has 0 amide bonds. The average Bonchev–Trinajstić information content (AvgIpc) is 2.76. The molecule has 7 nitrogen and oxygen atoms in total. The number of benzene rings is 2. The van der Waals surface area contributed by atoms with Gasteiger partial charge in [0.25, 0.3) is 0 Å². The minimum Gasteiger partial charge on any atom is -0.504 e. The van der Waals surface area contributed by atoms with Gasteiger partial charge in [-0.3, -0.25) is 4.79 Å². The molecule has 9 heteroatoms. The summed E-state index contributed by atoms with van der Waals surface area (Å²) in [6.07, 6.45) is 7.11. The molecule has 3 aromatic rings. The molecule has 0 spiro atoms. The smallest absolute Gasteiger partial charge is 0.306 e. The summed E-state index contributed by atoms with van der Waals surface area (Å²) in [5.41, 5.74) is 1.32. The summed E-state index contributed by atoms with van der Waals surface area (Å²) >= 11 is 3.12. The molecule has 0 aliphatic rings. The van der Waals surface area contributed by atoms with E-state index in [4.69, 9.17) is 11.2 Å². The standard InChI is InChI=1S/C17H12FN3O2.C5H9BrO2/c1-3-10-6-11(4-5-13(10)18)21-17-12-7-15(22)16(23-2)8-14(12)19-9-20-17;1-2-8-5(7)3-4-6/h1,4-9,22H,2H3,(H,19,20,21);2-4H2,1H3. The molecule has 2 N–H and O–H groups in total. The van der Waals surface area contributed by atoms with Gasteiger partial charge in [0, 0.05) is 22.5 Å². The third-order valence-corrected chi connectivity index (χ3v) is 4.32. The molecule has 0 unspecified atom stereocenters. The minimum atomic E-state index is -0.465. The second kappa shape index (κ2) is 11.7. The lowest BCUT2D eigenvalue weighted by atomic mass is 10.1. The van der Waals surface area contributed by atoms with Crippen LogP contribution in [0.15, 0.2) is 36.7 Å². The number of carbonyl (C=O) groups excluding carboxylic acids is 1. The number of hydrogen-bond donors (Lipinski definition) is 2. The highest BCUT2D eigenvalue weighted by Gasteiger charge is 2.10. The summed E-state index contributed by atoms with van der Waals surface area (Å²) in [5.74, 6) is 2.43. The Morgan fingerprint density at radius 2 is 2.10 bits per heavy atom. The molecule has 1 aromatic heterocycles. The summed E-state index contributed by atoms with van der Waals surface area (Å²) in [7, 11) is 1.46. The molecule has 0 aliphatic carbocycles. The monoisotopic (exact) mass is 489 g/mol. The number of rotatable bonds is 6. The second-order valence-electron chi connectivity index (χ2n) is 5.97. The van der Waals surface area contributed by atoms with Gasteiger partial charge in [-0.05, 0) is 31.2 Å². The first kappa shape index (κ1) is 23.9. The molecular weight excluding hydrogens is 469 g/mol. The van der Waals surface area contributed by atoms with Gasteiger partial charge in [-0.25, -0.2) is 14.4 Å². The van der Waals surface area contributed by atoms with Crippen LogP contribution in [0.25, 0.3) is 10.9 Å². The molecule has 0 radical (unpaired) electrons. The number of nitrogens with zero attached hydrogens (tertiary/aromatic N) is 2. The number of anilines is 2. The van der Waals surface area contributed by atoms with E-state index < -0.39 is 5.82 Å². The van der Waals surface area contributed by atoms with Crippen LogP contribution in [0, 0.1) is 18.2 Å². The predicted molar refractivity (Wildman–Crippen MR) is 120 cm³/mol. The lowest BCUT2D eigenvalue weighted by Gasteiger charge is -2.10. The highest BCUT2D eigenvalue weighted by molar-refractivity contribution is 9.09. The number of esters is 1. The zero-order chi connectivity index (χ0) is 22.8. The Morgan fingerprint density at radius 3 is 2.74 bits per heavy atom. The Bertz CT molecular complexity index is 1090. The molecule has 0 atom stereocenters. The van der Waals surface area contributed by atoms with E-state index in [1.54, 1.807) is 19.1 Å². The topological polar surface area (TPSA) is 93.6 Å². The van der Waals surface area contributed by atoms with Crippen molar-refractivity contribution in [1.82, 2.24) is 9.97 Å². The number of alkyl halides is 1. The van der Waals surface area contributed by atoms with Gasteiger partial charge in [0.05, 0.1) is 31.2 Å². The van der Waals surface area contributed by atoms with Gasteiger partial charge in [0.2, 0.25) is 0 Å². The number of carbonyl (C=O) groups is 1. The number of fused-ring (bicyclic) bond motifs is 1. The zero-order valence-corrected chi connectivity index (χ0v) is 18.6. The lowest BCUT2D eigenvalue weighted by Crippen LogP contribution is -2.03. The molecule has 1 heterocycles. The summed E-state index contributed by atoms with van der Waals surface area (Å²) in [6.45, 7) is 2.28. The first-order chi connectivity index (χ1) is 14.9. The molecule has 0 fully saturated rings. The van der Waals surface area contributed by atoms with Gasteiger partial charge in [-0.1, -0.05) is 21.9 Å². The maximum atomic E-state index is 13.5.